The van der Waals surface area contributed by atoms with Gasteiger partial charge in [-0.15, -0.1) is 11.6 Å². The highest BCUT2D eigenvalue weighted by Gasteiger charge is 2.06. The molecule has 114 valence electrons. The number of ketones is 1. The van der Waals surface area contributed by atoms with Crippen LogP contribution in [-0.2, 0) is 5.88 Å². The molecule has 0 aliphatic rings. The van der Waals surface area contributed by atoms with Gasteiger partial charge in [0.15, 0.2) is 5.78 Å². The lowest BCUT2D eigenvalue weighted by Crippen LogP contribution is -1.94. The van der Waals surface area contributed by atoms with Gasteiger partial charge in [-0.3, -0.25) is 4.79 Å². The van der Waals surface area contributed by atoms with Gasteiger partial charge in [0.05, 0.1) is 23.0 Å². The van der Waals surface area contributed by atoms with E-state index in [4.69, 9.17) is 39.5 Å². The van der Waals surface area contributed by atoms with E-state index in [-0.39, 0.29) is 5.78 Å². The van der Waals surface area contributed by atoms with Crippen molar-refractivity contribution in [3.63, 3.8) is 0 Å². The minimum absolute atomic E-state index is 0.151. The van der Waals surface area contributed by atoms with E-state index in [0.717, 1.165) is 16.9 Å². The second kappa shape index (κ2) is 7.68. The van der Waals surface area contributed by atoms with Gasteiger partial charge in [0.2, 0.25) is 0 Å². The Morgan fingerprint density at radius 1 is 1.14 bits per heavy atom. The molecular formula is C17H13Cl3O2. The highest BCUT2D eigenvalue weighted by molar-refractivity contribution is 6.42. The van der Waals surface area contributed by atoms with Crippen molar-refractivity contribution in [3.05, 3.63) is 69.2 Å². The molecule has 0 saturated heterocycles. The third-order valence-electron chi connectivity index (χ3n) is 3.08. The van der Waals surface area contributed by atoms with Gasteiger partial charge in [0.1, 0.15) is 5.75 Å². The van der Waals surface area contributed by atoms with E-state index in [0.29, 0.717) is 21.5 Å². The number of carbonyl (C=O) groups is 1. The summed E-state index contributed by atoms with van der Waals surface area (Å²) in [5.74, 6) is 0.913. The smallest absolute Gasteiger partial charge is 0.185 e. The van der Waals surface area contributed by atoms with E-state index in [9.17, 15) is 4.79 Å². The first-order chi connectivity index (χ1) is 10.5. The molecule has 0 aliphatic heterocycles. The first-order valence-corrected chi connectivity index (χ1v) is 7.74. The minimum atomic E-state index is -0.151. The van der Waals surface area contributed by atoms with Crippen LogP contribution >= 0.6 is 34.8 Å². The molecule has 0 heterocycles. The van der Waals surface area contributed by atoms with Crippen LogP contribution in [0.1, 0.15) is 21.5 Å². The summed E-state index contributed by atoms with van der Waals surface area (Å²) in [6.07, 6.45) is 3.21. The average molecular weight is 356 g/mol. The number of alkyl halides is 1. The quantitative estimate of drug-likeness (QED) is 0.394. The molecule has 0 bridgehead atoms. The number of methoxy groups -OCH3 is 1. The van der Waals surface area contributed by atoms with Crippen LogP contribution in [0.3, 0.4) is 0 Å². The van der Waals surface area contributed by atoms with Crippen molar-refractivity contribution in [2.75, 3.05) is 7.11 Å². The molecule has 0 atom stereocenters. The summed E-state index contributed by atoms with van der Waals surface area (Å²) in [5.41, 5.74) is 2.22. The second-order valence-electron chi connectivity index (χ2n) is 4.53. The van der Waals surface area contributed by atoms with E-state index in [1.807, 2.05) is 18.2 Å². The number of benzene rings is 2. The molecule has 0 unspecified atom stereocenters. The Hall–Kier alpha value is -1.48. The summed E-state index contributed by atoms with van der Waals surface area (Å²) < 4.78 is 5.21. The minimum Gasteiger partial charge on any atom is -0.496 e. The zero-order valence-electron chi connectivity index (χ0n) is 11.8. The predicted octanol–water partition coefficient (Wildman–Crippen LogP) is 5.64. The van der Waals surface area contributed by atoms with E-state index >= 15 is 0 Å². The summed E-state index contributed by atoms with van der Waals surface area (Å²) in [6, 6.07) is 10.3. The van der Waals surface area contributed by atoms with Gasteiger partial charge < -0.3 is 4.74 Å². The highest BCUT2D eigenvalue weighted by Crippen LogP contribution is 2.24. The Morgan fingerprint density at radius 2 is 1.91 bits per heavy atom. The number of halogens is 3. The predicted molar refractivity (Wildman–Crippen MR) is 92.4 cm³/mol. The molecule has 0 N–H and O–H groups in total. The third kappa shape index (κ3) is 4.04. The van der Waals surface area contributed by atoms with Gasteiger partial charge in [-0.2, -0.15) is 0 Å². The average Bonchev–Trinajstić information content (AvgIpc) is 2.54. The summed E-state index contributed by atoms with van der Waals surface area (Å²) in [6.45, 7) is 0. The van der Waals surface area contributed by atoms with Crippen LogP contribution in [0.15, 0.2) is 42.5 Å². The number of carbonyl (C=O) groups excluding carboxylic acids is 1. The number of rotatable bonds is 5. The monoisotopic (exact) mass is 354 g/mol. The normalized spacial score (nSPS) is 10.9. The van der Waals surface area contributed by atoms with Crippen LogP contribution in [0.25, 0.3) is 6.08 Å². The fraction of sp³-hybridized carbons (Fsp3) is 0.118. The first-order valence-electron chi connectivity index (χ1n) is 6.45. The van der Waals surface area contributed by atoms with Crippen molar-refractivity contribution in [2.24, 2.45) is 0 Å². The standard InChI is InChI=1S/C17H13Cl3O2/c1-22-17-7-3-11(8-13(17)10-18)2-6-16(21)12-4-5-14(19)15(20)9-12/h2-9H,10H2,1H3/b6-2+. The lowest BCUT2D eigenvalue weighted by molar-refractivity contribution is 0.104. The molecule has 0 amide bonds. The van der Waals surface area contributed by atoms with Gasteiger partial charge in [0.25, 0.3) is 0 Å². The van der Waals surface area contributed by atoms with Gasteiger partial charge in [-0.05, 0) is 42.0 Å². The summed E-state index contributed by atoms with van der Waals surface area (Å²) in [5, 5.41) is 0.777. The molecule has 22 heavy (non-hydrogen) atoms. The zero-order valence-corrected chi connectivity index (χ0v) is 14.0. The maximum absolute atomic E-state index is 12.1. The summed E-state index contributed by atoms with van der Waals surface area (Å²) in [7, 11) is 1.59. The van der Waals surface area contributed by atoms with Crippen LogP contribution in [0, 0.1) is 0 Å². The van der Waals surface area contributed by atoms with Crippen LogP contribution in [0.4, 0.5) is 0 Å². The van der Waals surface area contributed by atoms with E-state index in [1.165, 1.54) is 6.08 Å². The summed E-state index contributed by atoms with van der Waals surface area (Å²) in [4.78, 5) is 12.1. The molecule has 2 aromatic carbocycles. The highest BCUT2D eigenvalue weighted by atomic mass is 35.5. The largest absolute Gasteiger partial charge is 0.496 e. The van der Waals surface area contributed by atoms with E-state index < -0.39 is 0 Å². The van der Waals surface area contributed by atoms with Crippen LogP contribution < -0.4 is 4.74 Å². The molecule has 0 fully saturated rings. The molecule has 2 nitrogen and oxygen atoms in total. The van der Waals surface area contributed by atoms with E-state index in [1.54, 1.807) is 31.4 Å². The van der Waals surface area contributed by atoms with Crippen molar-refractivity contribution in [3.8, 4) is 5.75 Å². The Labute approximate surface area is 144 Å². The SMILES string of the molecule is COc1ccc(/C=C/C(=O)c2ccc(Cl)c(Cl)c2)cc1CCl. The lowest BCUT2D eigenvalue weighted by atomic mass is 10.1. The van der Waals surface area contributed by atoms with Crippen molar-refractivity contribution < 1.29 is 9.53 Å². The topological polar surface area (TPSA) is 26.3 Å². The molecule has 0 spiro atoms. The maximum atomic E-state index is 12.1. The molecule has 0 aliphatic carbocycles. The molecule has 5 heteroatoms. The molecule has 0 aromatic heterocycles. The molecule has 2 rings (SSSR count). The Morgan fingerprint density at radius 3 is 2.55 bits per heavy atom. The van der Waals surface area contributed by atoms with E-state index in [2.05, 4.69) is 0 Å². The third-order valence-corrected chi connectivity index (χ3v) is 4.11. The van der Waals surface area contributed by atoms with Crippen molar-refractivity contribution in [2.45, 2.75) is 5.88 Å². The Balaban J connectivity index is 2.20. The number of hydrogen-bond acceptors (Lipinski definition) is 2. The molecule has 0 saturated carbocycles. The molecular weight excluding hydrogens is 343 g/mol. The lowest BCUT2D eigenvalue weighted by Gasteiger charge is -2.06. The number of hydrogen-bond donors (Lipinski definition) is 0. The van der Waals surface area contributed by atoms with Crippen molar-refractivity contribution in [1.82, 2.24) is 0 Å². The number of allylic oxidation sites excluding steroid dienone is 1. The molecule has 0 radical (unpaired) electrons. The zero-order chi connectivity index (χ0) is 16.1. The van der Waals surface area contributed by atoms with Crippen LogP contribution in [-0.4, -0.2) is 12.9 Å². The van der Waals surface area contributed by atoms with Gasteiger partial charge in [-0.25, -0.2) is 0 Å². The van der Waals surface area contributed by atoms with Crippen LogP contribution in [0.2, 0.25) is 10.0 Å². The van der Waals surface area contributed by atoms with Gasteiger partial charge in [0, 0.05) is 11.1 Å². The van der Waals surface area contributed by atoms with Crippen molar-refractivity contribution in [1.29, 1.82) is 0 Å². The van der Waals surface area contributed by atoms with Gasteiger partial charge >= 0.3 is 0 Å². The van der Waals surface area contributed by atoms with Gasteiger partial charge in [-0.1, -0.05) is 35.3 Å². The fourth-order valence-electron chi connectivity index (χ4n) is 1.92. The number of ether oxygens (including phenoxy) is 1. The van der Waals surface area contributed by atoms with Crippen molar-refractivity contribution >= 4 is 46.7 Å². The Bertz CT molecular complexity index is 724. The second-order valence-corrected chi connectivity index (χ2v) is 5.61. The van der Waals surface area contributed by atoms with Crippen LogP contribution in [0.5, 0.6) is 5.75 Å². The first kappa shape index (κ1) is 16.9. The Kier molecular flexibility index (Phi) is 5.90. The maximum Gasteiger partial charge on any atom is 0.185 e. The summed E-state index contributed by atoms with van der Waals surface area (Å²) >= 11 is 17.6. The molecule has 2 aromatic rings. The fourth-order valence-corrected chi connectivity index (χ4v) is 2.43.